The van der Waals surface area contributed by atoms with E-state index in [1.54, 1.807) is 7.05 Å². The summed E-state index contributed by atoms with van der Waals surface area (Å²) in [6, 6.07) is 34.5. The van der Waals surface area contributed by atoms with E-state index in [2.05, 4.69) is 54.6 Å². The quantitative estimate of drug-likeness (QED) is 0.120. The summed E-state index contributed by atoms with van der Waals surface area (Å²) in [6.07, 6.45) is 17.4. The first-order chi connectivity index (χ1) is 26.5. The highest BCUT2D eigenvalue weighted by Crippen LogP contribution is 2.47. The van der Waals surface area contributed by atoms with Crippen LogP contribution in [0.4, 0.5) is 4.79 Å². The molecule has 6 heteroatoms. The number of rotatable bonds is 10. The highest BCUT2D eigenvalue weighted by molar-refractivity contribution is 6.31. The highest BCUT2D eigenvalue weighted by atomic mass is 35.5. The molecule has 0 bridgehead atoms. The second-order valence-corrected chi connectivity index (χ2v) is 15.5. The second-order valence-electron chi connectivity index (χ2n) is 15.1. The van der Waals surface area contributed by atoms with E-state index in [0.29, 0.717) is 16.5 Å². The van der Waals surface area contributed by atoms with Gasteiger partial charge in [0.15, 0.2) is 5.60 Å². The Morgan fingerprint density at radius 1 is 0.778 bits per heavy atom. The second kappa shape index (κ2) is 17.7. The van der Waals surface area contributed by atoms with Crippen molar-refractivity contribution in [3.63, 3.8) is 0 Å². The number of benzene rings is 4. The van der Waals surface area contributed by atoms with E-state index in [1.165, 1.54) is 90.5 Å². The predicted molar refractivity (Wildman–Crippen MR) is 218 cm³/mol. The molecule has 3 aliphatic carbocycles. The molecule has 1 saturated carbocycles. The van der Waals surface area contributed by atoms with Gasteiger partial charge < -0.3 is 14.4 Å². The molecule has 3 aliphatic rings. The molecule has 4 aromatic rings. The first-order valence-electron chi connectivity index (χ1n) is 20.0. The fourth-order valence-electron chi connectivity index (χ4n) is 8.77. The van der Waals surface area contributed by atoms with Crippen LogP contribution in [0, 0.1) is 0 Å². The van der Waals surface area contributed by atoms with Crippen LogP contribution in [0.2, 0.25) is 5.02 Å². The largest absolute Gasteiger partial charge is 0.448 e. The first-order valence-corrected chi connectivity index (χ1v) is 20.3. The zero-order valence-corrected chi connectivity index (χ0v) is 32.2. The Bertz CT molecular complexity index is 1960. The van der Waals surface area contributed by atoms with Crippen LogP contribution in [-0.2, 0) is 19.9 Å². The third-order valence-corrected chi connectivity index (χ3v) is 12.0. The molecule has 2 atom stereocenters. The molecule has 54 heavy (non-hydrogen) atoms. The van der Waals surface area contributed by atoms with Crippen LogP contribution in [0.5, 0.6) is 0 Å². The first kappa shape index (κ1) is 37.7. The van der Waals surface area contributed by atoms with Gasteiger partial charge >= 0.3 is 12.1 Å². The Morgan fingerprint density at radius 3 is 2.17 bits per heavy atom. The van der Waals surface area contributed by atoms with Crippen LogP contribution in [0.25, 0.3) is 5.57 Å². The number of allylic oxidation sites excluding steroid dienone is 3. The normalized spacial score (nSPS) is 18.6. The molecule has 0 saturated heterocycles. The van der Waals surface area contributed by atoms with E-state index in [4.69, 9.17) is 21.1 Å². The third kappa shape index (κ3) is 8.22. The number of carbonyl (C=O) groups excluding carboxylic acids is 2. The van der Waals surface area contributed by atoms with Crippen molar-refractivity contribution in [2.45, 2.75) is 94.5 Å². The van der Waals surface area contributed by atoms with E-state index in [0.717, 1.165) is 24.0 Å². The molecule has 0 spiro atoms. The lowest BCUT2D eigenvalue weighted by molar-refractivity contribution is -0.153. The van der Waals surface area contributed by atoms with E-state index in [9.17, 15) is 9.59 Å². The van der Waals surface area contributed by atoms with Gasteiger partial charge in [-0.3, -0.25) is 4.79 Å². The zero-order valence-electron chi connectivity index (χ0n) is 31.5. The standard InChI is InChI=1S/C48H52ClNO4/c1-50(47(52)53-34-43-41-24-14-12-22-39(41)40-23-13-15-25-42(40)43)33-32-46(51)54-48(37-20-10-7-11-21-37,44-26-16-17-27-45(44)49)38-30-28-36(29-31-38)35-18-8-5-3-2-4-6-9-19-35/h7,10-14,16-17,20-24,26-31,35,43H,2-6,8-9,15,18-19,25,32-34H2,1H3. The van der Waals surface area contributed by atoms with Crippen molar-refractivity contribution in [1.82, 2.24) is 4.90 Å². The summed E-state index contributed by atoms with van der Waals surface area (Å²) in [7, 11) is 1.67. The van der Waals surface area contributed by atoms with Crippen molar-refractivity contribution >= 4 is 29.2 Å². The number of halogens is 1. The van der Waals surface area contributed by atoms with Crippen LogP contribution < -0.4 is 0 Å². The van der Waals surface area contributed by atoms with E-state index in [1.807, 2.05) is 60.7 Å². The summed E-state index contributed by atoms with van der Waals surface area (Å²) in [6.45, 7) is 0.404. The molecular formula is C48H52ClNO4. The molecule has 4 aromatic carbocycles. The van der Waals surface area contributed by atoms with Crippen LogP contribution in [0.15, 0.2) is 121 Å². The number of hydrogen-bond acceptors (Lipinski definition) is 4. The molecule has 2 unspecified atom stereocenters. The van der Waals surface area contributed by atoms with Gasteiger partial charge in [-0.1, -0.05) is 171 Å². The lowest BCUT2D eigenvalue weighted by Gasteiger charge is -2.36. The number of esters is 1. The molecule has 1 amide bonds. The molecule has 0 N–H and O–H groups in total. The summed E-state index contributed by atoms with van der Waals surface area (Å²) in [5.41, 5.74) is 7.36. The molecule has 0 aromatic heterocycles. The van der Waals surface area contributed by atoms with Crippen molar-refractivity contribution in [2.75, 3.05) is 20.2 Å². The van der Waals surface area contributed by atoms with E-state index in [-0.39, 0.29) is 25.5 Å². The zero-order chi connectivity index (χ0) is 37.3. The molecule has 7 rings (SSSR count). The maximum Gasteiger partial charge on any atom is 0.409 e. The summed E-state index contributed by atoms with van der Waals surface area (Å²) in [4.78, 5) is 28.9. The van der Waals surface area contributed by atoms with Gasteiger partial charge in [0.1, 0.15) is 6.61 Å². The maximum absolute atomic E-state index is 14.1. The summed E-state index contributed by atoms with van der Waals surface area (Å²) < 4.78 is 12.6. The van der Waals surface area contributed by atoms with Crippen LogP contribution in [0.1, 0.15) is 122 Å². The van der Waals surface area contributed by atoms with Crippen LogP contribution in [0.3, 0.4) is 0 Å². The summed E-state index contributed by atoms with van der Waals surface area (Å²) in [5.74, 6) is 0.115. The smallest absolute Gasteiger partial charge is 0.409 e. The number of ether oxygens (including phenoxy) is 2. The van der Waals surface area contributed by atoms with E-state index >= 15 is 0 Å². The summed E-state index contributed by atoms with van der Waals surface area (Å²) >= 11 is 6.97. The minimum Gasteiger partial charge on any atom is -0.448 e. The monoisotopic (exact) mass is 741 g/mol. The minimum atomic E-state index is -1.31. The number of nitrogens with zero attached hydrogens (tertiary/aromatic N) is 1. The summed E-state index contributed by atoms with van der Waals surface area (Å²) in [5, 5.41) is 0.506. The lowest BCUT2D eigenvalue weighted by Crippen LogP contribution is -2.37. The number of hydrogen-bond donors (Lipinski definition) is 0. The van der Waals surface area contributed by atoms with Crippen molar-refractivity contribution in [1.29, 1.82) is 0 Å². The molecule has 1 fully saturated rings. The van der Waals surface area contributed by atoms with Crippen molar-refractivity contribution in [2.24, 2.45) is 0 Å². The third-order valence-electron chi connectivity index (χ3n) is 11.7. The van der Waals surface area contributed by atoms with Gasteiger partial charge in [-0.25, -0.2) is 4.79 Å². The molecule has 0 aliphatic heterocycles. The lowest BCUT2D eigenvalue weighted by atomic mass is 9.78. The van der Waals surface area contributed by atoms with Gasteiger partial charge in [0.2, 0.25) is 0 Å². The van der Waals surface area contributed by atoms with Gasteiger partial charge in [-0.05, 0) is 59.9 Å². The molecule has 0 radical (unpaired) electrons. The Morgan fingerprint density at radius 2 is 1.43 bits per heavy atom. The molecule has 5 nitrogen and oxygen atoms in total. The van der Waals surface area contributed by atoms with Gasteiger partial charge in [-0.2, -0.15) is 0 Å². The predicted octanol–water partition coefficient (Wildman–Crippen LogP) is 12.1. The van der Waals surface area contributed by atoms with E-state index < -0.39 is 17.7 Å². The minimum absolute atomic E-state index is 0.0167. The number of amides is 1. The van der Waals surface area contributed by atoms with Crippen molar-refractivity contribution < 1.29 is 19.1 Å². The van der Waals surface area contributed by atoms with Crippen LogP contribution in [-0.4, -0.2) is 37.2 Å². The van der Waals surface area contributed by atoms with Crippen molar-refractivity contribution in [3.8, 4) is 0 Å². The average molecular weight is 742 g/mol. The SMILES string of the molecule is CN(CCC(=O)OC(c1ccccc1)(c1ccc(C2CCCCCCCCC2)cc1)c1ccccc1Cl)C(=O)OCC1C2=C(C=CCC2)c2ccccc21. The fraction of sp³-hybridized carbons (Fsp3) is 0.375. The van der Waals surface area contributed by atoms with Gasteiger partial charge in [0, 0.05) is 41.2 Å². The van der Waals surface area contributed by atoms with Crippen LogP contribution >= 0.6 is 11.6 Å². The molecule has 280 valence electrons. The Balaban J connectivity index is 1.09. The Labute approximate surface area is 326 Å². The van der Waals surface area contributed by atoms with Gasteiger partial charge in [0.05, 0.1) is 6.42 Å². The average Bonchev–Trinajstić information content (AvgIpc) is 3.54. The molecular weight excluding hydrogens is 690 g/mol. The topological polar surface area (TPSA) is 55.8 Å². The number of carbonyl (C=O) groups is 2. The molecule has 0 heterocycles. The van der Waals surface area contributed by atoms with Gasteiger partial charge in [-0.15, -0.1) is 0 Å². The fourth-order valence-corrected chi connectivity index (χ4v) is 9.04. The highest BCUT2D eigenvalue weighted by Gasteiger charge is 2.42. The van der Waals surface area contributed by atoms with Gasteiger partial charge in [0.25, 0.3) is 0 Å². The Hall–Kier alpha value is -4.61. The Kier molecular flexibility index (Phi) is 12.3. The maximum atomic E-state index is 14.1. The van der Waals surface area contributed by atoms with Crippen molar-refractivity contribution in [3.05, 3.63) is 159 Å². The number of fused-ring (bicyclic) bond motifs is 2.